The van der Waals surface area contributed by atoms with E-state index in [1.54, 1.807) is 0 Å². The Morgan fingerprint density at radius 2 is 0.149 bits per heavy atom. The molecule has 0 aromatic rings. The molecule has 808 valence electrons. The molecule has 0 aromatic carbocycles. The van der Waals surface area contributed by atoms with Crippen molar-refractivity contribution in [2.45, 2.75) is 274 Å². The van der Waals surface area contributed by atoms with Crippen molar-refractivity contribution < 1.29 is 191 Å². The Bertz CT molecular complexity index is 4150. The number of rotatable bonds is 58. The van der Waals surface area contributed by atoms with Gasteiger partial charge in [-0.1, -0.05) is 0 Å². The highest BCUT2D eigenvalue weighted by Crippen LogP contribution is 2.62. The third-order valence-electron chi connectivity index (χ3n) is 28.6. The number of ether oxygens (including phenoxy) is 20. The fourth-order valence-electron chi connectivity index (χ4n) is 25.4. The van der Waals surface area contributed by atoms with Crippen LogP contribution in [0.4, 0.5) is 0 Å². The average molecular weight is 2020 g/mol. The predicted molar refractivity (Wildman–Crippen MR) is 502 cm³/mol. The Morgan fingerprint density at radius 1 is 0.0993 bits per heavy atom. The van der Waals surface area contributed by atoms with Crippen molar-refractivity contribution in [1.82, 2.24) is 0 Å². The van der Waals surface area contributed by atoms with Gasteiger partial charge in [-0.3, -0.25) is 95.9 Å². The summed E-state index contributed by atoms with van der Waals surface area (Å²) >= 11 is 0. The highest BCUT2D eigenvalue weighted by Gasteiger charge is 2.66. The molecule has 0 aliphatic rings. The third-order valence-corrected chi connectivity index (χ3v) is 28.6. The van der Waals surface area contributed by atoms with Crippen LogP contribution in [0.3, 0.4) is 0 Å². The van der Waals surface area contributed by atoms with Crippen molar-refractivity contribution in [2.75, 3.05) is 142 Å². The zero-order chi connectivity index (χ0) is 111. The highest BCUT2D eigenvalue weighted by atomic mass is 16.6. The molecule has 0 N–H and O–H groups in total. The normalized spacial score (nSPS) is 19.4. The highest BCUT2D eigenvalue weighted by molar-refractivity contribution is 5.92. The Morgan fingerprint density at radius 3 is 0.199 bits per heavy atom. The summed E-state index contributed by atoms with van der Waals surface area (Å²) in [6, 6.07) is 0. The molecule has 0 saturated carbocycles. The molecule has 0 fully saturated rings. The minimum Gasteiger partial charge on any atom is -0.469 e. The van der Waals surface area contributed by atoms with Crippen molar-refractivity contribution in [3.8, 4) is 0 Å². The summed E-state index contributed by atoms with van der Waals surface area (Å²) < 4.78 is 108. The number of esters is 20. The summed E-state index contributed by atoms with van der Waals surface area (Å²) in [5.41, 5.74) is -40.3. The smallest absolute Gasteiger partial charge is 0.311 e. The van der Waals surface area contributed by atoms with E-state index in [2.05, 4.69) is 0 Å². The van der Waals surface area contributed by atoms with Gasteiger partial charge < -0.3 is 94.7 Å². The fourth-order valence-corrected chi connectivity index (χ4v) is 25.4. The lowest BCUT2D eigenvalue weighted by Crippen LogP contribution is -2.52. The second-order valence-corrected chi connectivity index (χ2v) is 45.1. The van der Waals surface area contributed by atoms with E-state index >= 15 is 47.9 Å². The van der Waals surface area contributed by atoms with Gasteiger partial charge in [-0.2, -0.15) is 0 Å². The van der Waals surface area contributed by atoms with Crippen molar-refractivity contribution >= 4 is 119 Å². The first kappa shape index (κ1) is 130. The third kappa shape index (κ3) is 30.3. The molecule has 0 amide bonds. The van der Waals surface area contributed by atoms with Gasteiger partial charge in [0.05, 0.1) is 250 Å². The van der Waals surface area contributed by atoms with Gasteiger partial charge in [-0.05, 0) is 274 Å². The molecular formula is C101H164O40. The largest absolute Gasteiger partial charge is 0.469 e. The minimum atomic E-state index is -2.23. The number of carbonyl (C=O) groups is 20. The van der Waals surface area contributed by atoms with Crippen molar-refractivity contribution in [3.05, 3.63) is 0 Å². The predicted octanol–water partition coefficient (Wildman–Crippen LogP) is 12.0. The van der Waals surface area contributed by atoms with Gasteiger partial charge in [0.15, 0.2) is 0 Å². The first-order valence-electron chi connectivity index (χ1n) is 45.8. The monoisotopic (exact) mass is 2020 g/mol. The van der Waals surface area contributed by atoms with Crippen LogP contribution in [0.15, 0.2) is 0 Å². The summed E-state index contributed by atoms with van der Waals surface area (Å²) in [6.07, 6.45) is -12.2. The van der Waals surface area contributed by atoms with E-state index in [1.165, 1.54) is 152 Å². The molecule has 40 nitrogen and oxygen atoms in total. The van der Waals surface area contributed by atoms with E-state index in [1.807, 2.05) is 0 Å². The molecule has 141 heavy (non-hydrogen) atoms. The van der Waals surface area contributed by atoms with E-state index in [0.29, 0.717) is 0 Å². The van der Waals surface area contributed by atoms with Gasteiger partial charge in [0, 0.05) is 0 Å². The van der Waals surface area contributed by atoms with Crippen LogP contribution in [0.1, 0.15) is 274 Å². The van der Waals surface area contributed by atoms with Crippen LogP contribution in [0.25, 0.3) is 0 Å². The lowest BCUT2D eigenvalue weighted by atomic mass is 9.55. The SMILES string of the molecule is COC(=O)C(C)(C)CC(C)(CC(C)(CC(C)(CC(C)(CC(C)(CC(C)(CC(C)(CC(C)(CC(C)(CC(C)(CC(C)(CC(C)(CC(C)(CC(C)(CC(C)(CC(C)(CC(C)(CC(C)(CC(C)(C)C(=O)OC)C(=O)OC)C(=O)OC)C(=O)OC)C(=O)OC)C(=O)OC)C(=O)OC)C(=O)OC)C(=O)OC)C(=O)OC)C(=O)OC)C(=O)OC)C(=O)OC)C(=O)OC)C(=O)OC)C(=O)OC)C(=O)OC)C(=O)OC)C(=O)OC. The molecule has 0 heterocycles. The van der Waals surface area contributed by atoms with E-state index in [-0.39, 0.29) is 12.8 Å². The maximum atomic E-state index is 15.3. The number of hydrogen-bond acceptors (Lipinski definition) is 40. The zero-order valence-electron chi connectivity index (χ0n) is 91.8. The van der Waals surface area contributed by atoms with E-state index in [9.17, 15) is 47.9 Å². The lowest BCUT2D eigenvalue weighted by molar-refractivity contribution is -0.178. The van der Waals surface area contributed by atoms with E-state index < -0.39 is 337 Å². The molecule has 18 unspecified atom stereocenters. The van der Waals surface area contributed by atoms with Gasteiger partial charge in [0.25, 0.3) is 0 Å². The zero-order valence-corrected chi connectivity index (χ0v) is 91.8. The van der Waals surface area contributed by atoms with Gasteiger partial charge in [-0.15, -0.1) is 0 Å². The van der Waals surface area contributed by atoms with Gasteiger partial charge in [-0.25, -0.2) is 0 Å². The molecule has 0 saturated heterocycles. The Labute approximate surface area is 831 Å². The summed E-state index contributed by atoms with van der Waals surface area (Å²) in [7, 11) is 20.7. The fraction of sp³-hybridized carbons (Fsp3) is 0.802. The van der Waals surface area contributed by atoms with Crippen LogP contribution in [-0.4, -0.2) is 262 Å². The van der Waals surface area contributed by atoms with Crippen LogP contribution in [0, 0.1) is 108 Å². The molecule has 0 aromatic heterocycles. The van der Waals surface area contributed by atoms with Crippen LogP contribution < -0.4 is 0 Å². The van der Waals surface area contributed by atoms with E-state index in [4.69, 9.17) is 94.7 Å². The Kier molecular flexibility index (Phi) is 45.4. The molecule has 0 radical (unpaired) electrons. The van der Waals surface area contributed by atoms with Crippen LogP contribution >= 0.6 is 0 Å². The van der Waals surface area contributed by atoms with Crippen LogP contribution in [0.2, 0.25) is 0 Å². The maximum absolute atomic E-state index is 15.3. The molecule has 0 spiro atoms. The van der Waals surface area contributed by atoms with Gasteiger partial charge >= 0.3 is 119 Å². The molecule has 40 heteroatoms. The summed E-state index contributed by atoms with van der Waals surface area (Å²) in [5.74, 6) is -20.4. The van der Waals surface area contributed by atoms with Gasteiger partial charge in [0.1, 0.15) is 0 Å². The summed E-state index contributed by atoms with van der Waals surface area (Å²) in [5, 5.41) is 0. The minimum absolute atomic E-state index is 0.277. The molecule has 0 aliphatic heterocycles. The van der Waals surface area contributed by atoms with Crippen LogP contribution in [0.5, 0.6) is 0 Å². The second kappa shape index (κ2) is 49.1. The number of carbonyl (C=O) groups excluding carboxylic acids is 20. The molecule has 0 rings (SSSR count). The molecular weight excluding hydrogens is 1850 g/mol. The van der Waals surface area contributed by atoms with Crippen molar-refractivity contribution in [2.24, 2.45) is 108 Å². The molecule has 0 aliphatic carbocycles. The average Bonchev–Trinajstić information content (AvgIpc) is 0.743. The first-order chi connectivity index (χ1) is 64.1. The molecule has 18 atom stereocenters. The van der Waals surface area contributed by atoms with Crippen LogP contribution in [-0.2, 0) is 191 Å². The number of methoxy groups -OCH3 is 20. The summed E-state index contributed by atoms with van der Waals surface area (Å²) in [4.78, 5) is 295. The lowest BCUT2D eigenvalue weighted by Gasteiger charge is -2.47. The quantitative estimate of drug-likeness (QED) is 0.0403. The second-order valence-electron chi connectivity index (χ2n) is 45.1. The molecule has 0 bridgehead atoms. The Balaban J connectivity index is 9.36. The Hall–Kier alpha value is -10.6. The topological polar surface area (TPSA) is 526 Å². The van der Waals surface area contributed by atoms with Gasteiger partial charge in [0.2, 0.25) is 0 Å². The van der Waals surface area contributed by atoms with Crippen molar-refractivity contribution in [3.63, 3.8) is 0 Å². The maximum Gasteiger partial charge on any atom is 0.311 e. The standard InChI is InChI=1S/C101H164O40/c1-82(2,62(102)122-23)43-84(5,64(104)124-25)45-86(7,66(106)126-27)47-88(9,68(108)128-29)49-90(11,70(110)130-31)51-92(13,72(112)132-33)53-94(15,74(114)134-35)55-96(17,76(116)136-37)57-98(19,78(118)138-39)59-100(21,80(120)140-41)61-101(22,81(121)141-42)60-99(20,79(119)139-40)58-97(18,77(117)137-38)56-95(16,75(115)135-36)54-93(14,73(113)133-34)52-91(12,71(111)131-32)50-89(10,69(109)129-30)48-87(8,67(107)127-28)46-85(6,65(105)125-26)44-83(3,4)63(103)123-24/h43-61H2,1-42H3. The van der Waals surface area contributed by atoms with E-state index in [0.717, 1.165) is 142 Å². The summed E-state index contributed by atoms with van der Waals surface area (Å²) in [6.45, 7) is 30.2. The number of hydrogen-bond donors (Lipinski definition) is 0. The first-order valence-corrected chi connectivity index (χ1v) is 45.8. The van der Waals surface area contributed by atoms with Crippen molar-refractivity contribution in [1.29, 1.82) is 0 Å².